The van der Waals surface area contributed by atoms with Gasteiger partial charge in [-0.15, -0.1) is 0 Å². The molecule has 3 heteroatoms. The maximum atomic E-state index is 5.80. The molecule has 17 heavy (non-hydrogen) atoms. The van der Waals surface area contributed by atoms with Crippen molar-refractivity contribution >= 4 is 0 Å². The van der Waals surface area contributed by atoms with Gasteiger partial charge in [-0.2, -0.15) is 5.10 Å². The first-order valence-electron chi connectivity index (χ1n) is 5.99. The molecule has 0 atom stereocenters. The zero-order valence-electron chi connectivity index (χ0n) is 10.7. The van der Waals surface area contributed by atoms with Crippen molar-refractivity contribution in [1.82, 2.24) is 9.78 Å². The molecule has 0 fully saturated rings. The number of aryl methyl sites for hydroxylation is 2. The van der Waals surface area contributed by atoms with E-state index in [9.17, 15) is 0 Å². The molecule has 0 aliphatic carbocycles. The second-order valence-electron chi connectivity index (χ2n) is 4.32. The monoisotopic (exact) mass is 229 g/mol. The average molecular weight is 229 g/mol. The van der Waals surface area contributed by atoms with Crippen molar-refractivity contribution in [3.8, 4) is 11.1 Å². The Morgan fingerprint density at radius 3 is 2.59 bits per heavy atom. The molecule has 2 aromatic rings. The van der Waals surface area contributed by atoms with E-state index in [0.717, 1.165) is 6.54 Å². The summed E-state index contributed by atoms with van der Waals surface area (Å²) in [7, 11) is 0. The minimum Gasteiger partial charge on any atom is -0.326 e. The van der Waals surface area contributed by atoms with Gasteiger partial charge in [-0.05, 0) is 31.9 Å². The van der Waals surface area contributed by atoms with E-state index in [4.69, 9.17) is 5.73 Å². The number of hydrogen-bond donors (Lipinski definition) is 1. The van der Waals surface area contributed by atoms with Gasteiger partial charge in [-0.1, -0.05) is 23.8 Å². The second kappa shape index (κ2) is 4.72. The van der Waals surface area contributed by atoms with Crippen LogP contribution in [-0.4, -0.2) is 9.78 Å². The first-order valence-corrected chi connectivity index (χ1v) is 5.99. The van der Waals surface area contributed by atoms with Crippen LogP contribution in [0.2, 0.25) is 0 Å². The number of aromatic nitrogens is 2. The van der Waals surface area contributed by atoms with Crippen LogP contribution in [0.4, 0.5) is 0 Å². The predicted octanol–water partition coefficient (Wildman–Crippen LogP) is 2.65. The van der Waals surface area contributed by atoms with Crippen LogP contribution in [0.3, 0.4) is 0 Å². The summed E-state index contributed by atoms with van der Waals surface area (Å²) in [6, 6.07) is 6.39. The lowest BCUT2D eigenvalue weighted by Gasteiger charge is -2.09. The smallest absolute Gasteiger partial charge is 0.0571 e. The van der Waals surface area contributed by atoms with Crippen molar-refractivity contribution in [2.24, 2.45) is 5.73 Å². The molecule has 0 aliphatic rings. The zero-order valence-corrected chi connectivity index (χ0v) is 10.7. The van der Waals surface area contributed by atoms with Gasteiger partial charge >= 0.3 is 0 Å². The van der Waals surface area contributed by atoms with Crippen molar-refractivity contribution in [2.75, 3.05) is 0 Å². The zero-order chi connectivity index (χ0) is 12.4. The Morgan fingerprint density at radius 2 is 2.00 bits per heavy atom. The van der Waals surface area contributed by atoms with Gasteiger partial charge in [-0.3, -0.25) is 4.68 Å². The van der Waals surface area contributed by atoms with E-state index in [-0.39, 0.29) is 0 Å². The number of rotatable bonds is 3. The topological polar surface area (TPSA) is 43.8 Å². The van der Waals surface area contributed by atoms with Crippen LogP contribution in [-0.2, 0) is 13.1 Å². The third kappa shape index (κ3) is 2.11. The van der Waals surface area contributed by atoms with E-state index >= 15 is 0 Å². The molecule has 90 valence electrons. The fraction of sp³-hybridized carbons (Fsp3) is 0.357. The summed E-state index contributed by atoms with van der Waals surface area (Å²) >= 11 is 0. The van der Waals surface area contributed by atoms with Gasteiger partial charge in [0.05, 0.1) is 6.20 Å². The molecule has 0 amide bonds. The SMILES string of the molecule is CCn1ncc(-c2cc(C)ccc2CN)c1C. The highest BCUT2D eigenvalue weighted by Gasteiger charge is 2.11. The lowest BCUT2D eigenvalue weighted by atomic mass is 9.98. The molecule has 0 aliphatic heterocycles. The Morgan fingerprint density at radius 1 is 1.24 bits per heavy atom. The van der Waals surface area contributed by atoms with Crippen LogP contribution in [0.15, 0.2) is 24.4 Å². The van der Waals surface area contributed by atoms with Gasteiger partial charge in [0.15, 0.2) is 0 Å². The Bertz CT molecular complexity index is 526. The van der Waals surface area contributed by atoms with Crippen LogP contribution < -0.4 is 5.73 Å². The first kappa shape index (κ1) is 11.9. The molecule has 2 N–H and O–H groups in total. The minimum absolute atomic E-state index is 0.562. The highest BCUT2D eigenvalue weighted by atomic mass is 15.3. The van der Waals surface area contributed by atoms with E-state index in [2.05, 4.69) is 44.1 Å². The Hall–Kier alpha value is -1.61. The van der Waals surface area contributed by atoms with E-state index < -0.39 is 0 Å². The first-order chi connectivity index (χ1) is 8.17. The average Bonchev–Trinajstić information content (AvgIpc) is 2.70. The Labute approximate surface area is 102 Å². The quantitative estimate of drug-likeness (QED) is 0.879. The molecule has 1 aromatic carbocycles. The normalized spacial score (nSPS) is 10.8. The van der Waals surface area contributed by atoms with Crippen molar-refractivity contribution in [3.63, 3.8) is 0 Å². The van der Waals surface area contributed by atoms with E-state index in [1.165, 1.54) is 27.9 Å². The fourth-order valence-corrected chi connectivity index (χ4v) is 2.15. The van der Waals surface area contributed by atoms with Crippen LogP contribution in [0.1, 0.15) is 23.7 Å². The highest BCUT2D eigenvalue weighted by Crippen LogP contribution is 2.27. The minimum atomic E-state index is 0.562. The molecule has 3 nitrogen and oxygen atoms in total. The number of hydrogen-bond acceptors (Lipinski definition) is 2. The van der Waals surface area contributed by atoms with Crippen LogP contribution in [0, 0.1) is 13.8 Å². The Kier molecular flexibility index (Phi) is 3.29. The molecule has 0 saturated carbocycles. The van der Waals surface area contributed by atoms with E-state index in [0.29, 0.717) is 6.54 Å². The molecule has 0 bridgehead atoms. The van der Waals surface area contributed by atoms with Crippen molar-refractivity contribution in [1.29, 1.82) is 0 Å². The molecule has 1 aromatic heterocycles. The summed E-state index contributed by atoms with van der Waals surface area (Å²) in [6.45, 7) is 7.77. The maximum absolute atomic E-state index is 5.80. The lowest BCUT2D eigenvalue weighted by Crippen LogP contribution is -2.01. The van der Waals surface area contributed by atoms with Crippen molar-refractivity contribution < 1.29 is 0 Å². The molecule has 0 saturated heterocycles. The predicted molar refractivity (Wildman–Crippen MR) is 70.7 cm³/mol. The van der Waals surface area contributed by atoms with Gasteiger partial charge in [0.2, 0.25) is 0 Å². The summed E-state index contributed by atoms with van der Waals surface area (Å²) in [4.78, 5) is 0. The van der Waals surface area contributed by atoms with Gasteiger partial charge < -0.3 is 5.73 Å². The van der Waals surface area contributed by atoms with Crippen LogP contribution in [0.5, 0.6) is 0 Å². The number of nitrogens with zero attached hydrogens (tertiary/aromatic N) is 2. The molecule has 0 radical (unpaired) electrons. The summed E-state index contributed by atoms with van der Waals surface area (Å²) < 4.78 is 2.01. The van der Waals surface area contributed by atoms with Crippen molar-refractivity contribution in [2.45, 2.75) is 33.9 Å². The third-order valence-electron chi connectivity index (χ3n) is 3.18. The van der Waals surface area contributed by atoms with E-state index in [1.807, 2.05) is 10.9 Å². The molecule has 2 rings (SSSR count). The Balaban J connectivity index is 2.58. The lowest BCUT2D eigenvalue weighted by molar-refractivity contribution is 0.640. The second-order valence-corrected chi connectivity index (χ2v) is 4.32. The fourth-order valence-electron chi connectivity index (χ4n) is 2.15. The molecule has 1 heterocycles. The van der Waals surface area contributed by atoms with E-state index in [1.54, 1.807) is 0 Å². The van der Waals surface area contributed by atoms with Crippen LogP contribution in [0.25, 0.3) is 11.1 Å². The van der Waals surface area contributed by atoms with Gasteiger partial charge in [0, 0.05) is 24.3 Å². The summed E-state index contributed by atoms with van der Waals surface area (Å²) in [6.07, 6.45) is 1.94. The third-order valence-corrected chi connectivity index (χ3v) is 3.18. The number of benzene rings is 1. The molecular weight excluding hydrogens is 210 g/mol. The maximum Gasteiger partial charge on any atom is 0.0571 e. The van der Waals surface area contributed by atoms with Crippen molar-refractivity contribution in [3.05, 3.63) is 41.2 Å². The molecular formula is C14H19N3. The number of nitrogens with two attached hydrogens (primary N) is 1. The molecule has 0 unspecified atom stereocenters. The van der Waals surface area contributed by atoms with Gasteiger partial charge in [0.25, 0.3) is 0 Å². The van der Waals surface area contributed by atoms with Gasteiger partial charge in [-0.25, -0.2) is 0 Å². The summed E-state index contributed by atoms with van der Waals surface area (Å²) in [5, 5.41) is 4.39. The largest absolute Gasteiger partial charge is 0.326 e. The summed E-state index contributed by atoms with van der Waals surface area (Å²) in [5.41, 5.74) is 11.8. The summed E-state index contributed by atoms with van der Waals surface area (Å²) in [5.74, 6) is 0. The standard InChI is InChI=1S/C14H19N3/c1-4-17-11(3)14(9-16-17)13-7-10(2)5-6-12(13)8-15/h5-7,9H,4,8,15H2,1-3H3. The molecule has 0 spiro atoms. The van der Waals surface area contributed by atoms with Crippen LogP contribution >= 0.6 is 0 Å². The highest BCUT2D eigenvalue weighted by molar-refractivity contribution is 5.69. The van der Waals surface area contributed by atoms with Gasteiger partial charge in [0.1, 0.15) is 0 Å².